The minimum absolute atomic E-state index is 0.165. The lowest BCUT2D eigenvalue weighted by atomic mass is 10.1. The third-order valence-corrected chi connectivity index (χ3v) is 4.42. The van der Waals surface area contributed by atoms with E-state index >= 15 is 0 Å². The number of aromatic nitrogens is 2. The van der Waals surface area contributed by atoms with Gasteiger partial charge in [0, 0.05) is 19.6 Å². The summed E-state index contributed by atoms with van der Waals surface area (Å²) < 4.78 is 2.03. The number of anilines is 1. The Labute approximate surface area is 147 Å². The lowest BCUT2D eigenvalue weighted by Crippen LogP contribution is -2.50. The smallest absolute Gasteiger partial charge is 0.324 e. The first-order valence-corrected chi connectivity index (χ1v) is 8.78. The van der Waals surface area contributed by atoms with E-state index in [0.717, 1.165) is 17.5 Å². The first kappa shape index (κ1) is 17.3. The summed E-state index contributed by atoms with van der Waals surface area (Å²) in [6, 6.07) is 6.95. The summed E-state index contributed by atoms with van der Waals surface area (Å²) in [6.07, 6.45) is 0.919. The molecule has 1 aromatic heterocycles. The van der Waals surface area contributed by atoms with Crippen LogP contribution in [0.2, 0.25) is 0 Å². The molecule has 1 aliphatic heterocycles. The maximum Gasteiger partial charge on any atom is 0.324 e. The zero-order chi connectivity index (χ0) is 18.0. The number of carbonyl (C=O) groups is 2. The number of benzene rings is 1. The van der Waals surface area contributed by atoms with Crippen LogP contribution < -0.4 is 15.5 Å². The van der Waals surface area contributed by atoms with Gasteiger partial charge in [0.05, 0.1) is 11.0 Å². The number of imidazole rings is 1. The number of fused-ring (bicyclic) bond motifs is 3. The normalized spacial score (nSPS) is 14.6. The van der Waals surface area contributed by atoms with Crippen LogP contribution in [-0.2, 0) is 11.3 Å². The summed E-state index contributed by atoms with van der Waals surface area (Å²) in [7, 11) is 0. The number of amides is 3. The summed E-state index contributed by atoms with van der Waals surface area (Å²) in [4.78, 5) is 30.8. The highest BCUT2D eigenvalue weighted by atomic mass is 16.2. The van der Waals surface area contributed by atoms with Crippen LogP contribution in [0, 0.1) is 5.92 Å². The third kappa shape index (κ3) is 3.60. The molecular weight excluding hydrogens is 318 g/mol. The fourth-order valence-corrected chi connectivity index (χ4v) is 2.95. The van der Waals surface area contributed by atoms with Gasteiger partial charge < -0.3 is 15.2 Å². The van der Waals surface area contributed by atoms with Gasteiger partial charge in [-0.25, -0.2) is 9.78 Å². The van der Waals surface area contributed by atoms with E-state index in [-0.39, 0.29) is 11.9 Å². The quantitative estimate of drug-likeness (QED) is 0.873. The van der Waals surface area contributed by atoms with Gasteiger partial charge in [-0.15, -0.1) is 0 Å². The third-order valence-electron chi connectivity index (χ3n) is 4.42. The second-order valence-corrected chi connectivity index (χ2v) is 6.85. The molecule has 134 valence electrons. The van der Waals surface area contributed by atoms with Crippen LogP contribution >= 0.6 is 0 Å². The van der Waals surface area contributed by atoms with Crippen molar-refractivity contribution in [3.05, 3.63) is 24.3 Å². The molecule has 0 bridgehead atoms. The van der Waals surface area contributed by atoms with Gasteiger partial charge >= 0.3 is 6.03 Å². The van der Waals surface area contributed by atoms with Crippen LogP contribution in [0.5, 0.6) is 0 Å². The largest absolute Gasteiger partial charge is 0.354 e. The standard InChI is InChI=1S/C18H25N5O2/c1-12(2)8-9-19-16(24)13(3)20-18(25)23-11-10-22-15-7-5-4-6-14(15)21-17(22)23/h4-7,12-13H,8-11H2,1-3H3,(H,19,24)(H,20,25)/t13-/m0/s1. The molecule has 1 aromatic carbocycles. The zero-order valence-corrected chi connectivity index (χ0v) is 15.0. The number of carbonyl (C=O) groups excluding carboxylic acids is 2. The van der Waals surface area contributed by atoms with Gasteiger partial charge in [-0.05, 0) is 31.4 Å². The molecule has 3 amide bonds. The van der Waals surface area contributed by atoms with Gasteiger partial charge in [0.1, 0.15) is 6.04 Å². The van der Waals surface area contributed by atoms with E-state index in [4.69, 9.17) is 0 Å². The molecule has 0 radical (unpaired) electrons. The molecule has 0 saturated heterocycles. The van der Waals surface area contributed by atoms with Crippen molar-refractivity contribution >= 4 is 28.9 Å². The number of hydrogen-bond acceptors (Lipinski definition) is 3. The van der Waals surface area contributed by atoms with Gasteiger partial charge in [0.2, 0.25) is 11.9 Å². The lowest BCUT2D eigenvalue weighted by Gasteiger charge is -2.19. The molecule has 2 heterocycles. The van der Waals surface area contributed by atoms with Crippen molar-refractivity contribution in [2.75, 3.05) is 18.0 Å². The first-order chi connectivity index (χ1) is 12.0. The maximum absolute atomic E-state index is 12.6. The van der Waals surface area contributed by atoms with Crippen molar-refractivity contribution < 1.29 is 9.59 Å². The van der Waals surface area contributed by atoms with E-state index in [1.165, 1.54) is 0 Å². The van der Waals surface area contributed by atoms with Crippen molar-refractivity contribution in [2.24, 2.45) is 5.92 Å². The second kappa shape index (κ2) is 7.13. The van der Waals surface area contributed by atoms with Crippen molar-refractivity contribution in [1.29, 1.82) is 0 Å². The Morgan fingerprint density at radius 2 is 1.96 bits per heavy atom. The van der Waals surface area contributed by atoms with E-state index in [1.54, 1.807) is 11.8 Å². The van der Waals surface area contributed by atoms with E-state index in [2.05, 4.69) is 29.5 Å². The summed E-state index contributed by atoms with van der Waals surface area (Å²) in [5, 5.41) is 5.62. The number of nitrogens with one attached hydrogen (secondary N) is 2. The number of para-hydroxylation sites is 2. The van der Waals surface area contributed by atoms with Gasteiger partial charge in [0.15, 0.2) is 0 Å². The van der Waals surface area contributed by atoms with Crippen molar-refractivity contribution in [3.8, 4) is 0 Å². The summed E-state index contributed by atoms with van der Waals surface area (Å²) in [5.41, 5.74) is 1.89. The molecular formula is C18H25N5O2. The minimum atomic E-state index is -0.585. The molecule has 0 spiro atoms. The zero-order valence-electron chi connectivity index (χ0n) is 15.0. The Morgan fingerprint density at radius 3 is 2.72 bits per heavy atom. The predicted molar refractivity (Wildman–Crippen MR) is 97.5 cm³/mol. The first-order valence-electron chi connectivity index (χ1n) is 8.78. The highest BCUT2D eigenvalue weighted by Crippen LogP contribution is 2.26. The predicted octanol–water partition coefficient (Wildman–Crippen LogP) is 2.12. The summed E-state index contributed by atoms with van der Waals surface area (Å²) in [6.45, 7) is 7.80. The Kier molecular flexibility index (Phi) is 4.92. The van der Waals surface area contributed by atoms with E-state index in [0.29, 0.717) is 31.5 Å². The Bertz CT molecular complexity index is 783. The molecule has 2 N–H and O–H groups in total. The molecule has 25 heavy (non-hydrogen) atoms. The average molecular weight is 343 g/mol. The van der Waals surface area contributed by atoms with Crippen LogP contribution in [0.3, 0.4) is 0 Å². The molecule has 7 heteroatoms. The minimum Gasteiger partial charge on any atom is -0.354 e. The fourth-order valence-electron chi connectivity index (χ4n) is 2.95. The fraction of sp³-hybridized carbons (Fsp3) is 0.500. The maximum atomic E-state index is 12.6. The van der Waals surface area contributed by atoms with Crippen LogP contribution in [-0.4, -0.2) is 40.6 Å². The van der Waals surface area contributed by atoms with Gasteiger partial charge in [0.25, 0.3) is 0 Å². The molecule has 1 atom stereocenters. The molecule has 0 aliphatic carbocycles. The van der Waals surface area contributed by atoms with Crippen LogP contribution in [0.4, 0.5) is 10.7 Å². The monoisotopic (exact) mass is 343 g/mol. The van der Waals surface area contributed by atoms with Crippen LogP contribution in [0.25, 0.3) is 11.0 Å². The Morgan fingerprint density at radius 1 is 1.20 bits per heavy atom. The molecule has 0 unspecified atom stereocenters. The number of rotatable bonds is 5. The number of hydrogen-bond donors (Lipinski definition) is 2. The Hall–Kier alpha value is -2.57. The average Bonchev–Trinajstić information content (AvgIpc) is 3.13. The van der Waals surface area contributed by atoms with Gasteiger partial charge in [-0.1, -0.05) is 26.0 Å². The van der Waals surface area contributed by atoms with Crippen LogP contribution in [0.1, 0.15) is 27.2 Å². The van der Waals surface area contributed by atoms with E-state index in [9.17, 15) is 9.59 Å². The van der Waals surface area contributed by atoms with E-state index in [1.807, 2.05) is 28.8 Å². The highest BCUT2D eigenvalue weighted by molar-refractivity contribution is 5.96. The SMILES string of the molecule is CC(C)CCNC(=O)[C@H](C)NC(=O)N1CCn2c1nc1ccccc12. The van der Waals surface area contributed by atoms with Gasteiger partial charge in [-0.2, -0.15) is 0 Å². The molecule has 0 fully saturated rings. The summed E-state index contributed by atoms with van der Waals surface area (Å²) in [5.74, 6) is 0.996. The molecule has 7 nitrogen and oxygen atoms in total. The van der Waals surface area contributed by atoms with Crippen LogP contribution in [0.15, 0.2) is 24.3 Å². The molecule has 3 rings (SSSR count). The highest BCUT2D eigenvalue weighted by Gasteiger charge is 2.29. The number of urea groups is 1. The lowest BCUT2D eigenvalue weighted by molar-refractivity contribution is -0.122. The van der Waals surface area contributed by atoms with Crippen molar-refractivity contribution in [2.45, 2.75) is 39.8 Å². The molecule has 0 saturated carbocycles. The second-order valence-electron chi connectivity index (χ2n) is 6.85. The number of nitrogens with zero attached hydrogens (tertiary/aromatic N) is 3. The Balaban J connectivity index is 1.62. The molecule has 1 aliphatic rings. The van der Waals surface area contributed by atoms with Crippen molar-refractivity contribution in [1.82, 2.24) is 20.2 Å². The molecule has 2 aromatic rings. The van der Waals surface area contributed by atoms with Gasteiger partial charge in [-0.3, -0.25) is 9.69 Å². The summed E-state index contributed by atoms with van der Waals surface area (Å²) >= 11 is 0. The topological polar surface area (TPSA) is 79.3 Å². The van der Waals surface area contributed by atoms with Crippen molar-refractivity contribution in [3.63, 3.8) is 0 Å². The van der Waals surface area contributed by atoms with E-state index < -0.39 is 6.04 Å².